The first-order valence-electron chi connectivity index (χ1n) is 9.41. The lowest BCUT2D eigenvalue weighted by Crippen LogP contribution is -1.95. The average Bonchev–Trinajstić information content (AvgIpc) is 3.30. The molecule has 30 heavy (non-hydrogen) atoms. The van der Waals surface area contributed by atoms with E-state index in [2.05, 4.69) is 63.0 Å². The van der Waals surface area contributed by atoms with E-state index < -0.39 is 0 Å². The van der Waals surface area contributed by atoms with Gasteiger partial charge < -0.3 is 4.57 Å². The molecular weight excluding hydrogens is 460 g/mol. The fourth-order valence-corrected chi connectivity index (χ4v) is 6.07. The minimum Gasteiger partial charge on any atom is -0.309 e. The molecule has 0 N–H and O–H groups in total. The quantitative estimate of drug-likeness (QED) is 0.190. The normalized spacial score (nSPS) is 11.8. The van der Waals surface area contributed by atoms with Crippen LogP contribution < -0.4 is 0 Å². The lowest BCUT2D eigenvalue weighted by Gasteiger charge is -2.09. The monoisotopic (exact) mass is 472 g/mol. The third-order valence-corrected chi connectivity index (χ3v) is 7.64. The number of non-ortho nitro benzene ring substituents is 1. The Bertz CT molecular complexity index is 1630. The van der Waals surface area contributed by atoms with Crippen LogP contribution in [0.2, 0.25) is 0 Å². The predicted octanol–water partition coefficient (Wildman–Crippen LogP) is 7.82. The second-order valence-corrected chi connectivity index (χ2v) is 9.09. The van der Waals surface area contributed by atoms with Gasteiger partial charge in [0.05, 0.1) is 20.7 Å². The molecule has 4 aromatic carbocycles. The van der Waals surface area contributed by atoms with Gasteiger partial charge in [-0.05, 0) is 46.3 Å². The van der Waals surface area contributed by atoms with Crippen molar-refractivity contribution in [3.8, 4) is 5.69 Å². The zero-order valence-corrected chi connectivity index (χ0v) is 17.9. The van der Waals surface area contributed by atoms with Crippen LogP contribution in [0.5, 0.6) is 0 Å². The van der Waals surface area contributed by atoms with Gasteiger partial charge in [-0.25, -0.2) is 0 Å². The number of para-hydroxylation sites is 1. The summed E-state index contributed by atoms with van der Waals surface area (Å²) in [7, 11) is 0. The second-order valence-electron chi connectivity index (χ2n) is 7.18. The van der Waals surface area contributed by atoms with Crippen molar-refractivity contribution in [3.63, 3.8) is 0 Å². The average molecular weight is 473 g/mol. The van der Waals surface area contributed by atoms with Crippen molar-refractivity contribution in [2.24, 2.45) is 0 Å². The van der Waals surface area contributed by atoms with Gasteiger partial charge in [0.2, 0.25) is 0 Å². The molecule has 0 fully saturated rings. The van der Waals surface area contributed by atoms with E-state index in [4.69, 9.17) is 0 Å². The van der Waals surface area contributed by atoms with Crippen LogP contribution in [0.15, 0.2) is 83.3 Å². The number of rotatable bonds is 2. The topological polar surface area (TPSA) is 48.1 Å². The lowest BCUT2D eigenvalue weighted by molar-refractivity contribution is -0.384. The molecule has 0 saturated heterocycles. The fraction of sp³-hybridized carbons (Fsp3) is 0. The summed E-state index contributed by atoms with van der Waals surface area (Å²) in [5, 5.41) is 15.9. The molecule has 0 unspecified atom stereocenters. The van der Waals surface area contributed by atoms with Gasteiger partial charge in [-0.1, -0.05) is 36.4 Å². The van der Waals surface area contributed by atoms with Crippen LogP contribution in [0, 0.1) is 10.1 Å². The van der Waals surface area contributed by atoms with Gasteiger partial charge in [-0.2, -0.15) is 0 Å². The third-order valence-electron chi connectivity index (χ3n) is 5.55. The second kappa shape index (κ2) is 6.39. The van der Waals surface area contributed by atoms with E-state index in [-0.39, 0.29) is 10.6 Å². The molecule has 2 heterocycles. The van der Waals surface area contributed by atoms with E-state index in [1.165, 1.54) is 20.2 Å². The van der Waals surface area contributed by atoms with E-state index in [9.17, 15) is 10.1 Å². The van der Waals surface area contributed by atoms with Crippen LogP contribution in [0.3, 0.4) is 0 Å². The van der Waals surface area contributed by atoms with Gasteiger partial charge >= 0.3 is 0 Å². The Balaban J connectivity index is 1.86. The standard InChI is InChI=1S/C24H13BrN2O2S/c25-19-13-18-16-5-1-3-7-20(16)26(14-9-11-15(12-10-14)27(28)29)23(18)22-17-6-2-4-8-21(17)30-24(19)22/h1-13H. The molecule has 0 atom stereocenters. The van der Waals surface area contributed by atoms with Crippen molar-refractivity contribution < 1.29 is 4.92 Å². The summed E-state index contributed by atoms with van der Waals surface area (Å²) in [4.78, 5) is 10.8. The minimum atomic E-state index is -0.364. The summed E-state index contributed by atoms with van der Waals surface area (Å²) in [6.45, 7) is 0. The molecule has 2 aromatic heterocycles. The number of nitro benzene ring substituents is 1. The molecule has 0 radical (unpaired) electrons. The molecule has 0 saturated carbocycles. The maximum absolute atomic E-state index is 11.1. The highest BCUT2D eigenvalue weighted by Gasteiger charge is 2.20. The smallest absolute Gasteiger partial charge is 0.269 e. The number of benzene rings is 4. The molecule has 144 valence electrons. The highest BCUT2D eigenvalue weighted by molar-refractivity contribution is 9.10. The Hall–Kier alpha value is -3.22. The van der Waals surface area contributed by atoms with Gasteiger partial charge in [0.1, 0.15) is 0 Å². The van der Waals surface area contributed by atoms with Gasteiger partial charge in [0.25, 0.3) is 5.69 Å². The van der Waals surface area contributed by atoms with Gasteiger partial charge in [-0.3, -0.25) is 10.1 Å². The van der Waals surface area contributed by atoms with Crippen LogP contribution in [-0.2, 0) is 0 Å². The van der Waals surface area contributed by atoms with Crippen LogP contribution in [0.25, 0.3) is 47.7 Å². The Morgan fingerprint density at radius 3 is 2.33 bits per heavy atom. The molecule has 6 rings (SSSR count). The Kier molecular flexibility index (Phi) is 3.75. The largest absolute Gasteiger partial charge is 0.309 e. The van der Waals surface area contributed by atoms with Gasteiger partial charge in [-0.15, -0.1) is 11.3 Å². The SMILES string of the molecule is O=[N+]([O-])c1ccc(-n2c3ccccc3c3cc(Br)c4sc5ccccc5c4c32)cc1. The summed E-state index contributed by atoms with van der Waals surface area (Å²) in [6.07, 6.45) is 0. The lowest BCUT2D eigenvalue weighted by atomic mass is 10.1. The maximum atomic E-state index is 11.1. The van der Waals surface area contributed by atoms with E-state index in [0.29, 0.717) is 0 Å². The summed E-state index contributed by atoms with van der Waals surface area (Å²) < 4.78 is 5.75. The molecular formula is C24H13BrN2O2S. The molecule has 6 heteroatoms. The van der Waals surface area contributed by atoms with Crippen molar-refractivity contribution in [2.75, 3.05) is 0 Å². The molecule has 6 aromatic rings. The Labute approximate surface area is 183 Å². The number of halogens is 1. The Morgan fingerprint density at radius 2 is 1.57 bits per heavy atom. The third kappa shape index (κ3) is 2.38. The first kappa shape index (κ1) is 17.6. The summed E-state index contributed by atoms with van der Waals surface area (Å²) in [5.74, 6) is 0. The zero-order chi connectivity index (χ0) is 20.4. The van der Waals surface area contributed by atoms with Crippen molar-refractivity contribution in [3.05, 3.63) is 93.4 Å². The summed E-state index contributed by atoms with van der Waals surface area (Å²) in [6, 6.07) is 25.7. The first-order chi connectivity index (χ1) is 14.6. The first-order valence-corrected chi connectivity index (χ1v) is 11.0. The fourth-order valence-electron chi connectivity index (χ4n) is 4.29. The maximum Gasteiger partial charge on any atom is 0.269 e. The van der Waals surface area contributed by atoms with E-state index in [1.54, 1.807) is 23.5 Å². The number of hydrogen-bond acceptors (Lipinski definition) is 3. The summed E-state index contributed by atoms with van der Waals surface area (Å²) in [5.41, 5.74) is 3.20. The number of thiophene rings is 1. The number of aromatic nitrogens is 1. The van der Waals surface area contributed by atoms with E-state index >= 15 is 0 Å². The van der Waals surface area contributed by atoms with Gasteiger partial charge in [0, 0.05) is 48.5 Å². The summed E-state index contributed by atoms with van der Waals surface area (Å²) >= 11 is 5.57. The number of hydrogen-bond donors (Lipinski definition) is 0. The van der Waals surface area contributed by atoms with Crippen LogP contribution in [0.4, 0.5) is 5.69 Å². The van der Waals surface area contributed by atoms with E-state index in [1.807, 2.05) is 24.3 Å². The van der Waals surface area contributed by atoms with Crippen LogP contribution in [0.1, 0.15) is 0 Å². The van der Waals surface area contributed by atoms with Crippen molar-refractivity contribution in [1.82, 2.24) is 4.57 Å². The van der Waals surface area contributed by atoms with Crippen molar-refractivity contribution in [2.45, 2.75) is 0 Å². The molecule has 0 amide bonds. The molecule has 0 spiro atoms. The molecule has 4 nitrogen and oxygen atoms in total. The Morgan fingerprint density at radius 1 is 0.867 bits per heavy atom. The number of fused-ring (bicyclic) bond motifs is 7. The molecule has 0 aliphatic heterocycles. The predicted molar refractivity (Wildman–Crippen MR) is 128 cm³/mol. The van der Waals surface area contributed by atoms with Crippen LogP contribution in [-0.4, -0.2) is 9.49 Å². The number of nitro groups is 1. The zero-order valence-electron chi connectivity index (χ0n) is 15.5. The van der Waals surface area contributed by atoms with Crippen molar-refractivity contribution >= 4 is 74.9 Å². The highest BCUT2D eigenvalue weighted by atomic mass is 79.9. The molecule has 0 aliphatic rings. The molecule has 0 bridgehead atoms. The van der Waals surface area contributed by atoms with Crippen molar-refractivity contribution in [1.29, 1.82) is 0 Å². The molecule has 0 aliphatic carbocycles. The number of nitrogens with zero attached hydrogens (tertiary/aromatic N) is 2. The van der Waals surface area contributed by atoms with E-state index in [0.717, 1.165) is 32.0 Å². The highest BCUT2D eigenvalue weighted by Crippen LogP contribution is 2.46. The minimum absolute atomic E-state index is 0.0911. The van der Waals surface area contributed by atoms with Gasteiger partial charge in [0.15, 0.2) is 0 Å². The van der Waals surface area contributed by atoms with Crippen LogP contribution >= 0.6 is 27.3 Å².